The minimum Gasteiger partial charge on any atom is -0.475 e. The summed E-state index contributed by atoms with van der Waals surface area (Å²) in [7, 11) is 0. The number of nitrogens with zero attached hydrogens (tertiary/aromatic N) is 2. The quantitative estimate of drug-likeness (QED) is 0.881. The van der Waals surface area contributed by atoms with Gasteiger partial charge in [0.05, 0.1) is 11.4 Å². The molecule has 3 rings (SSSR count). The van der Waals surface area contributed by atoms with Crippen LogP contribution in [0.5, 0.6) is 0 Å². The van der Waals surface area contributed by atoms with Gasteiger partial charge in [-0.15, -0.1) is 0 Å². The summed E-state index contributed by atoms with van der Waals surface area (Å²) in [5.41, 5.74) is 4.82. The molecule has 0 saturated carbocycles. The summed E-state index contributed by atoms with van der Waals surface area (Å²) in [6.07, 6.45) is -5.08. The average Bonchev–Trinajstić information content (AvgIpc) is 2.76. The fraction of sp³-hybridized carbons (Fsp3) is 0.375. The highest BCUT2D eigenvalue weighted by Crippen LogP contribution is 2.21. The lowest BCUT2D eigenvalue weighted by molar-refractivity contribution is -0.192. The predicted molar refractivity (Wildman–Crippen MR) is 82.3 cm³/mol. The molecule has 0 aliphatic carbocycles. The lowest BCUT2D eigenvalue weighted by atomic mass is 9.94. The summed E-state index contributed by atoms with van der Waals surface area (Å²) in [5.74, 6) is -2.06. The Morgan fingerprint density at radius 1 is 1.25 bits per heavy atom. The second-order valence-corrected chi connectivity index (χ2v) is 5.59. The van der Waals surface area contributed by atoms with Crippen LogP contribution in [0, 0.1) is 13.8 Å². The van der Waals surface area contributed by atoms with Crippen LogP contribution in [0.2, 0.25) is 0 Å². The molecule has 0 atom stereocenters. The fourth-order valence-corrected chi connectivity index (χ4v) is 2.30. The Morgan fingerprint density at radius 2 is 1.79 bits per heavy atom. The van der Waals surface area contributed by atoms with E-state index in [4.69, 9.17) is 9.90 Å². The van der Waals surface area contributed by atoms with Gasteiger partial charge in [0.25, 0.3) is 0 Å². The van der Waals surface area contributed by atoms with Gasteiger partial charge in [0.1, 0.15) is 0 Å². The maximum Gasteiger partial charge on any atom is 0.490 e. The van der Waals surface area contributed by atoms with Gasteiger partial charge in [0.15, 0.2) is 0 Å². The molecular formula is C16H18F3N3O2. The molecule has 2 heterocycles. The number of aromatic nitrogens is 2. The highest BCUT2D eigenvalue weighted by molar-refractivity contribution is 5.73. The number of carbonyl (C=O) groups is 1. The summed E-state index contributed by atoms with van der Waals surface area (Å²) in [4.78, 5) is 8.90. The van der Waals surface area contributed by atoms with E-state index >= 15 is 0 Å². The maximum absolute atomic E-state index is 10.6. The Balaban J connectivity index is 0.000000256. The zero-order valence-corrected chi connectivity index (χ0v) is 13.3. The van der Waals surface area contributed by atoms with Crippen molar-refractivity contribution in [2.24, 2.45) is 0 Å². The molecule has 0 bridgehead atoms. The van der Waals surface area contributed by atoms with Gasteiger partial charge in [-0.1, -0.05) is 12.1 Å². The molecule has 24 heavy (non-hydrogen) atoms. The summed E-state index contributed by atoms with van der Waals surface area (Å²) >= 11 is 0. The Kier molecular flexibility index (Phi) is 5.28. The molecule has 8 heteroatoms. The van der Waals surface area contributed by atoms with Crippen LogP contribution in [0.4, 0.5) is 13.2 Å². The van der Waals surface area contributed by atoms with Crippen molar-refractivity contribution >= 4 is 5.97 Å². The number of carboxylic acids is 1. The van der Waals surface area contributed by atoms with E-state index in [-0.39, 0.29) is 0 Å². The molecule has 2 N–H and O–H groups in total. The van der Waals surface area contributed by atoms with Gasteiger partial charge in [-0.3, -0.25) is 0 Å². The zero-order chi connectivity index (χ0) is 17.9. The molecule has 2 aromatic rings. The van der Waals surface area contributed by atoms with Crippen molar-refractivity contribution in [3.8, 4) is 5.69 Å². The van der Waals surface area contributed by atoms with E-state index in [1.807, 2.05) is 11.6 Å². The minimum absolute atomic E-state index is 0.699. The first kappa shape index (κ1) is 18.0. The lowest BCUT2D eigenvalue weighted by Gasteiger charge is -2.27. The molecule has 5 nitrogen and oxygen atoms in total. The largest absolute Gasteiger partial charge is 0.490 e. The molecule has 130 valence electrons. The summed E-state index contributed by atoms with van der Waals surface area (Å²) in [6.45, 7) is 6.33. The SMILES string of the molecule is Cc1cc(C)n(-c2ccc(C3CNC3)cc2)n1.O=C(O)C(F)(F)F. The van der Waals surface area contributed by atoms with Crippen molar-refractivity contribution in [2.45, 2.75) is 25.9 Å². The molecule has 0 unspecified atom stereocenters. The molecule has 1 aliphatic rings. The second kappa shape index (κ2) is 7.04. The topological polar surface area (TPSA) is 67.2 Å². The molecule has 0 radical (unpaired) electrons. The predicted octanol–water partition coefficient (Wildman–Crippen LogP) is 2.81. The molecule has 1 saturated heterocycles. The summed E-state index contributed by atoms with van der Waals surface area (Å²) in [6, 6.07) is 10.9. The molecule has 0 spiro atoms. The van der Waals surface area contributed by atoms with E-state index in [0.717, 1.165) is 24.5 Å². The van der Waals surface area contributed by atoms with Crippen molar-refractivity contribution in [3.63, 3.8) is 0 Å². The van der Waals surface area contributed by atoms with Crippen molar-refractivity contribution in [1.29, 1.82) is 0 Å². The Labute approximate surface area is 137 Å². The molecule has 0 amide bonds. The van der Waals surface area contributed by atoms with Gasteiger partial charge >= 0.3 is 12.1 Å². The Hall–Kier alpha value is -2.35. The number of alkyl halides is 3. The molecule has 1 aliphatic heterocycles. The summed E-state index contributed by atoms with van der Waals surface area (Å²) < 4.78 is 33.7. The molecule has 1 fully saturated rings. The van der Waals surface area contributed by atoms with Crippen LogP contribution in [-0.2, 0) is 4.79 Å². The van der Waals surface area contributed by atoms with E-state index in [1.165, 1.54) is 11.3 Å². The van der Waals surface area contributed by atoms with Crippen LogP contribution in [0.1, 0.15) is 22.9 Å². The van der Waals surface area contributed by atoms with Crippen molar-refractivity contribution in [2.75, 3.05) is 13.1 Å². The average molecular weight is 341 g/mol. The van der Waals surface area contributed by atoms with Crippen LogP contribution in [0.25, 0.3) is 5.69 Å². The number of carboxylic acid groups (broad SMARTS) is 1. The first-order chi connectivity index (χ1) is 11.2. The number of hydrogen-bond donors (Lipinski definition) is 2. The standard InChI is InChI=1S/C14H17N3.C2HF3O2/c1-10-7-11(2)17(16-10)14-5-3-12(4-6-14)13-8-15-9-13;3-2(4,5)1(6)7/h3-7,13,15H,8-9H2,1-2H3;(H,6,7). The number of aryl methyl sites for hydroxylation is 2. The van der Waals surface area contributed by atoms with Gasteiger partial charge in [-0.05, 0) is 37.6 Å². The van der Waals surface area contributed by atoms with Gasteiger partial charge in [0.2, 0.25) is 0 Å². The zero-order valence-electron chi connectivity index (χ0n) is 13.3. The van der Waals surface area contributed by atoms with E-state index < -0.39 is 12.1 Å². The highest BCUT2D eigenvalue weighted by Gasteiger charge is 2.38. The second-order valence-electron chi connectivity index (χ2n) is 5.59. The van der Waals surface area contributed by atoms with E-state index in [9.17, 15) is 13.2 Å². The van der Waals surface area contributed by atoms with Crippen molar-refractivity contribution in [3.05, 3.63) is 47.3 Å². The summed E-state index contributed by atoms with van der Waals surface area (Å²) in [5, 5.41) is 14.9. The molecular weight excluding hydrogens is 323 g/mol. The van der Waals surface area contributed by atoms with Crippen LogP contribution < -0.4 is 5.32 Å². The number of nitrogens with one attached hydrogen (secondary N) is 1. The molecule has 1 aromatic carbocycles. The van der Waals surface area contributed by atoms with Gasteiger partial charge in [0, 0.05) is 24.7 Å². The van der Waals surface area contributed by atoms with Crippen LogP contribution >= 0.6 is 0 Å². The van der Waals surface area contributed by atoms with Gasteiger partial charge < -0.3 is 10.4 Å². The van der Waals surface area contributed by atoms with Crippen molar-refractivity contribution < 1.29 is 23.1 Å². The number of rotatable bonds is 2. The Morgan fingerprint density at radius 3 is 2.12 bits per heavy atom. The van der Waals surface area contributed by atoms with Crippen LogP contribution in [-0.4, -0.2) is 40.1 Å². The number of aliphatic carboxylic acids is 1. The normalized spacial score (nSPS) is 14.5. The smallest absolute Gasteiger partial charge is 0.475 e. The minimum atomic E-state index is -5.08. The van der Waals surface area contributed by atoms with Crippen LogP contribution in [0.3, 0.4) is 0 Å². The number of benzene rings is 1. The number of hydrogen-bond acceptors (Lipinski definition) is 3. The first-order valence-corrected chi connectivity index (χ1v) is 7.33. The third-order valence-electron chi connectivity index (χ3n) is 3.64. The maximum atomic E-state index is 10.6. The van der Waals surface area contributed by atoms with Gasteiger partial charge in [-0.25, -0.2) is 9.48 Å². The molecule has 1 aromatic heterocycles. The van der Waals surface area contributed by atoms with E-state index in [2.05, 4.69) is 47.7 Å². The highest BCUT2D eigenvalue weighted by atomic mass is 19.4. The van der Waals surface area contributed by atoms with Crippen LogP contribution in [0.15, 0.2) is 30.3 Å². The Bertz CT molecular complexity index is 704. The van der Waals surface area contributed by atoms with E-state index in [1.54, 1.807) is 0 Å². The lowest BCUT2D eigenvalue weighted by Crippen LogP contribution is -2.39. The van der Waals surface area contributed by atoms with Crippen molar-refractivity contribution in [1.82, 2.24) is 15.1 Å². The third kappa shape index (κ3) is 4.35. The monoisotopic (exact) mass is 341 g/mol. The van der Waals surface area contributed by atoms with Gasteiger partial charge in [-0.2, -0.15) is 18.3 Å². The first-order valence-electron chi connectivity index (χ1n) is 7.33. The number of halogens is 3. The third-order valence-corrected chi connectivity index (χ3v) is 3.64. The van der Waals surface area contributed by atoms with E-state index in [0.29, 0.717) is 5.92 Å². The fourth-order valence-electron chi connectivity index (χ4n) is 2.30.